The number of ether oxygens (including phenoxy) is 1. The molecular formula is C10H18N4O2. The molecule has 1 heterocycles. The molecule has 1 atom stereocenters. The Bertz CT molecular complexity index is 377. The highest BCUT2D eigenvalue weighted by atomic mass is 16.5. The summed E-state index contributed by atoms with van der Waals surface area (Å²) < 4.78 is 6.56. The Kier molecular flexibility index (Phi) is 4.94. The van der Waals surface area contributed by atoms with Crippen LogP contribution in [0.5, 0.6) is 0 Å². The van der Waals surface area contributed by atoms with Crippen molar-refractivity contribution in [2.24, 2.45) is 5.73 Å². The van der Waals surface area contributed by atoms with E-state index in [0.717, 1.165) is 0 Å². The lowest BCUT2D eigenvalue weighted by atomic mass is 10.3. The number of hydrogen-bond donors (Lipinski definition) is 2. The number of nitrogens with two attached hydrogens (primary N) is 1. The van der Waals surface area contributed by atoms with Crippen LogP contribution >= 0.6 is 0 Å². The second-order valence-electron chi connectivity index (χ2n) is 3.40. The second-order valence-corrected chi connectivity index (χ2v) is 3.40. The molecule has 0 aliphatic rings. The fraction of sp³-hybridized carbons (Fsp3) is 0.600. The Hall–Kier alpha value is -1.40. The molecule has 0 amide bonds. The third-order valence-corrected chi connectivity index (χ3v) is 2.25. The lowest BCUT2D eigenvalue weighted by molar-refractivity contribution is 0.187. The molecule has 16 heavy (non-hydrogen) atoms. The van der Waals surface area contributed by atoms with E-state index in [1.54, 1.807) is 24.1 Å². The number of anilines is 1. The molecule has 0 aliphatic carbocycles. The van der Waals surface area contributed by atoms with Gasteiger partial charge in [-0.1, -0.05) is 0 Å². The zero-order valence-corrected chi connectivity index (χ0v) is 9.64. The number of aryl methyl sites for hydroxylation is 1. The molecule has 3 N–H and O–H groups in total. The van der Waals surface area contributed by atoms with Gasteiger partial charge in [0.15, 0.2) is 5.82 Å². The lowest BCUT2D eigenvalue weighted by Crippen LogP contribution is -2.36. The van der Waals surface area contributed by atoms with Crippen molar-refractivity contribution in [3.63, 3.8) is 0 Å². The van der Waals surface area contributed by atoms with E-state index in [4.69, 9.17) is 10.5 Å². The van der Waals surface area contributed by atoms with Crippen LogP contribution in [0.15, 0.2) is 17.2 Å². The fourth-order valence-corrected chi connectivity index (χ4v) is 1.36. The first-order valence-corrected chi connectivity index (χ1v) is 5.23. The van der Waals surface area contributed by atoms with Gasteiger partial charge >= 0.3 is 0 Å². The summed E-state index contributed by atoms with van der Waals surface area (Å²) in [6.45, 7) is 3.35. The third-order valence-electron chi connectivity index (χ3n) is 2.25. The smallest absolute Gasteiger partial charge is 0.293 e. The van der Waals surface area contributed by atoms with Crippen molar-refractivity contribution < 1.29 is 4.74 Å². The van der Waals surface area contributed by atoms with Gasteiger partial charge in [0.1, 0.15) is 0 Å². The van der Waals surface area contributed by atoms with Crippen LogP contribution < -0.4 is 16.6 Å². The predicted molar refractivity (Wildman–Crippen MR) is 62.5 cm³/mol. The van der Waals surface area contributed by atoms with Gasteiger partial charge in [0.05, 0.1) is 12.6 Å². The molecule has 0 saturated carbocycles. The summed E-state index contributed by atoms with van der Waals surface area (Å²) in [5.41, 5.74) is 5.41. The molecule has 0 radical (unpaired) electrons. The van der Waals surface area contributed by atoms with Gasteiger partial charge in [-0.3, -0.25) is 4.79 Å². The van der Waals surface area contributed by atoms with E-state index in [9.17, 15) is 4.79 Å². The van der Waals surface area contributed by atoms with Crippen molar-refractivity contribution in [3.05, 3.63) is 22.7 Å². The van der Waals surface area contributed by atoms with Crippen LogP contribution in [0.2, 0.25) is 0 Å². The van der Waals surface area contributed by atoms with Gasteiger partial charge in [-0.15, -0.1) is 0 Å². The highest BCUT2D eigenvalue weighted by Crippen LogP contribution is 1.97. The van der Waals surface area contributed by atoms with Crippen molar-refractivity contribution in [1.82, 2.24) is 9.55 Å². The maximum Gasteiger partial charge on any atom is 0.293 e. The number of methoxy groups -OCH3 is 1. The van der Waals surface area contributed by atoms with Crippen molar-refractivity contribution in [2.75, 3.05) is 25.6 Å². The number of rotatable bonds is 6. The van der Waals surface area contributed by atoms with Gasteiger partial charge in [0, 0.05) is 32.6 Å². The van der Waals surface area contributed by atoms with E-state index in [1.807, 2.05) is 6.92 Å². The summed E-state index contributed by atoms with van der Waals surface area (Å²) in [5.74, 6) is 0.317. The lowest BCUT2D eigenvalue weighted by Gasteiger charge is -2.16. The SMILES string of the molecule is CCn1ccnc(NC(CN)COC)c1=O. The number of nitrogens with zero attached hydrogens (tertiary/aromatic N) is 2. The normalized spacial score (nSPS) is 12.4. The van der Waals surface area contributed by atoms with Gasteiger partial charge in [-0.05, 0) is 6.92 Å². The monoisotopic (exact) mass is 226 g/mol. The number of aromatic nitrogens is 2. The maximum absolute atomic E-state index is 11.8. The van der Waals surface area contributed by atoms with Crippen LogP contribution in [0, 0.1) is 0 Å². The average molecular weight is 226 g/mol. The first-order valence-electron chi connectivity index (χ1n) is 5.23. The van der Waals surface area contributed by atoms with Crippen LogP contribution in [-0.4, -0.2) is 35.9 Å². The summed E-state index contributed by atoms with van der Waals surface area (Å²) in [5, 5.41) is 2.98. The van der Waals surface area contributed by atoms with Crippen molar-refractivity contribution in [2.45, 2.75) is 19.5 Å². The largest absolute Gasteiger partial charge is 0.383 e. The van der Waals surface area contributed by atoms with Gasteiger partial charge in [-0.25, -0.2) is 4.98 Å². The van der Waals surface area contributed by atoms with Crippen molar-refractivity contribution in [3.8, 4) is 0 Å². The zero-order valence-electron chi connectivity index (χ0n) is 9.64. The van der Waals surface area contributed by atoms with Crippen LogP contribution in [-0.2, 0) is 11.3 Å². The summed E-state index contributed by atoms with van der Waals surface area (Å²) in [6, 6.07) is -0.0992. The summed E-state index contributed by atoms with van der Waals surface area (Å²) in [6.07, 6.45) is 3.24. The molecule has 1 rings (SSSR count). The molecular weight excluding hydrogens is 208 g/mol. The molecule has 0 aromatic carbocycles. The van der Waals surface area contributed by atoms with E-state index in [0.29, 0.717) is 25.5 Å². The number of hydrogen-bond acceptors (Lipinski definition) is 5. The van der Waals surface area contributed by atoms with Gasteiger partial charge in [0.2, 0.25) is 0 Å². The molecule has 0 bridgehead atoms. The Morgan fingerprint density at radius 1 is 1.69 bits per heavy atom. The standard InChI is InChI=1S/C10H18N4O2/c1-3-14-5-4-12-9(10(14)15)13-8(6-11)7-16-2/h4-5,8H,3,6-7,11H2,1-2H3,(H,12,13). The van der Waals surface area contributed by atoms with Crippen LogP contribution in [0.4, 0.5) is 5.82 Å². The van der Waals surface area contributed by atoms with Gasteiger partial charge in [-0.2, -0.15) is 0 Å². The maximum atomic E-state index is 11.8. The quantitative estimate of drug-likeness (QED) is 0.692. The van der Waals surface area contributed by atoms with E-state index >= 15 is 0 Å². The summed E-state index contributed by atoms with van der Waals surface area (Å²) in [7, 11) is 1.59. The Balaban J connectivity index is 2.84. The van der Waals surface area contributed by atoms with Crippen LogP contribution in [0.1, 0.15) is 6.92 Å². The third kappa shape index (κ3) is 3.04. The average Bonchev–Trinajstić information content (AvgIpc) is 2.31. The van der Waals surface area contributed by atoms with E-state index in [1.165, 1.54) is 0 Å². The molecule has 90 valence electrons. The van der Waals surface area contributed by atoms with E-state index < -0.39 is 0 Å². The topological polar surface area (TPSA) is 82.2 Å². The molecule has 1 aromatic heterocycles. The minimum Gasteiger partial charge on any atom is -0.383 e. The molecule has 1 unspecified atom stereocenters. The first kappa shape index (κ1) is 12.7. The second kappa shape index (κ2) is 6.24. The fourth-order valence-electron chi connectivity index (χ4n) is 1.36. The first-order chi connectivity index (χ1) is 7.72. The van der Waals surface area contributed by atoms with E-state index in [2.05, 4.69) is 10.3 Å². The Labute approximate surface area is 94.4 Å². The minimum atomic E-state index is -0.139. The van der Waals surface area contributed by atoms with Gasteiger partial charge < -0.3 is 20.4 Å². The van der Waals surface area contributed by atoms with Crippen molar-refractivity contribution in [1.29, 1.82) is 0 Å². The van der Waals surface area contributed by atoms with E-state index in [-0.39, 0.29) is 11.6 Å². The Morgan fingerprint density at radius 2 is 2.44 bits per heavy atom. The molecule has 0 saturated heterocycles. The van der Waals surface area contributed by atoms with Crippen molar-refractivity contribution >= 4 is 5.82 Å². The summed E-state index contributed by atoms with van der Waals surface area (Å²) in [4.78, 5) is 15.8. The predicted octanol–water partition coefficient (Wildman–Crippen LogP) is -0.351. The van der Waals surface area contributed by atoms with Crippen LogP contribution in [0.25, 0.3) is 0 Å². The number of nitrogens with one attached hydrogen (secondary N) is 1. The van der Waals surface area contributed by atoms with Crippen LogP contribution in [0.3, 0.4) is 0 Å². The summed E-state index contributed by atoms with van der Waals surface area (Å²) >= 11 is 0. The molecule has 6 heteroatoms. The van der Waals surface area contributed by atoms with Gasteiger partial charge in [0.25, 0.3) is 5.56 Å². The zero-order chi connectivity index (χ0) is 12.0. The molecule has 6 nitrogen and oxygen atoms in total. The highest BCUT2D eigenvalue weighted by molar-refractivity contribution is 5.32. The minimum absolute atomic E-state index is 0.0992. The Morgan fingerprint density at radius 3 is 3.00 bits per heavy atom. The molecule has 0 spiro atoms. The molecule has 1 aromatic rings. The molecule has 0 aliphatic heterocycles. The molecule has 0 fully saturated rings. The highest BCUT2D eigenvalue weighted by Gasteiger charge is 2.10.